The fourth-order valence-electron chi connectivity index (χ4n) is 2.82. The molecule has 0 saturated carbocycles. The lowest BCUT2D eigenvalue weighted by Gasteiger charge is -2.23. The van der Waals surface area contributed by atoms with Gasteiger partial charge in [0.1, 0.15) is 11.6 Å². The Bertz CT molecular complexity index is 711. The zero-order valence-corrected chi connectivity index (χ0v) is 14.0. The Morgan fingerprint density at radius 1 is 1.46 bits per heavy atom. The van der Waals surface area contributed by atoms with Crippen LogP contribution in [0.15, 0.2) is 30.6 Å². The zero-order valence-electron chi connectivity index (χ0n) is 13.3. The van der Waals surface area contributed by atoms with Crippen LogP contribution in [-0.4, -0.2) is 34.8 Å². The number of rotatable bonds is 6. The molecule has 1 aliphatic rings. The SMILES string of the molecule is NC(=O)COc1ccc(Cl)cc1-c1nccn1C[C@@H]1CCCCO1. The van der Waals surface area contributed by atoms with E-state index in [0.717, 1.165) is 37.4 Å². The molecule has 7 heteroatoms. The minimum absolute atomic E-state index is 0.181. The van der Waals surface area contributed by atoms with Crippen molar-refractivity contribution >= 4 is 17.5 Å². The van der Waals surface area contributed by atoms with Gasteiger partial charge in [-0.25, -0.2) is 4.98 Å². The average Bonchev–Trinajstić information content (AvgIpc) is 3.02. The van der Waals surface area contributed by atoms with E-state index in [1.165, 1.54) is 6.42 Å². The first-order valence-corrected chi connectivity index (χ1v) is 8.35. The second-order valence-corrected chi connectivity index (χ2v) is 6.22. The maximum Gasteiger partial charge on any atom is 0.255 e. The van der Waals surface area contributed by atoms with Gasteiger partial charge in [0.25, 0.3) is 5.91 Å². The van der Waals surface area contributed by atoms with Crippen LogP contribution < -0.4 is 10.5 Å². The van der Waals surface area contributed by atoms with E-state index in [1.807, 2.05) is 10.8 Å². The van der Waals surface area contributed by atoms with Crippen molar-refractivity contribution in [2.75, 3.05) is 13.2 Å². The van der Waals surface area contributed by atoms with Gasteiger partial charge in [0, 0.05) is 24.0 Å². The van der Waals surface area contributed by atoms with Crippen molar-refractivity contribution in [3.8, 4) is 17.1 Å². The summed E-state index contributed by atoms with van der Waals surface area (Å²) in [6, 6.07) is 5.20. The Hall–Kier alpha value is -2.05. The monoisotopic (exact) mass is 349 g/mol. The third kappa shape index (κ3) is 4.07. The van der Waals surface area contributed by atoms with Crippen LogP contribution in [0, 0.1) is 0 Å². The number of aromatic nitrogens is 2. The number of nitrogens with zero attached hydrogens (tertiary/aromatic N) is 2. The molecule has 1 aromatic carbocycles. The summed E-state index contributed by atoms with van der Waals surface area (Å²) in [6.45, 7) is 1.33. The molecule has 1 saturated heterocycles. The number of halogens is 1. The third-order valence-corrected chi connectivity index (χ3v) is 4.18. The fourth-order valence-corrected chi connectivity index (χ4v) is 3.00. The van der Waals surface area contributed by atoms with Gasteiger partial charge in [-0.05, 0) is 37.5 Å². The molecule has 0 aliphatic carbocycles. The lowest BCUT2D eigenvalue weighted by atomic mass is 10.1. The van der Waals surface area contributed by atoms with Crippen molar-refractivity contribution < 1.29 is 14.3 Å². The molecule has 3 rings (SSSR count). The molecular formula is C17H20ClN3O3. The van der Waals surface area contributed by atoms with Crippen molar-refractivity contribution in [1.82, 2.24) is 9.55 Å². The molecule has 0 radical (unpaired) electrons. The Morgan fingerprint density at radius 2 is 2.33 bits per heavy atom. The normalized spacial score (nSPS) is 17.6. The molecule has 2 aromatic rings. The summed E-state index contributed by atoms with van der Waals surface area (Å²) in [4.78, 5) is 15.4. The predicted octanol–water partition coefficient (Wildman–Crippen LogP) is 2.64. The Morgan fingerprint density at radius 3 is 3.08 bits per heavy atom. The molecule has 1 aromatic heterocycles. The van der Waals surface area contributed by atoms with Crippen LogP contribution >= 0.6 is 11.6 Å². The van der Waals surface area contributed by atoms with Crippen molar-refractivity contribution in [3.05, 3.63) is 35.6 Å². The van der Waals surface area contributed by atoms with Gasteiger partial charge in [0.2, 0.25) is 0 Å². The molecule has 24 heavy (non-hydrogen) atoms. The maximum atomic E-state index is 11.0. The van der Waals surface area contributed by atoms with Gasteiger partial charge in [0.05, 0.1) is 18.2 Å². The van der Waals surface area contributed by atoms with E-state index < -0.39 is 5.91 Å². The minimum Gasteiger partial charge on any atom is -0.483 e. The van der Waals surface area contributed by atoms with Gasteiger partial charge in [-0.15, -0.1) is 0 Å². The number of primary amides is 1. The molecule has 1 fully saturated rings. The van der Waals surface area contributed by atoms with Crippen molar-refractivity contribution in [2.45, 2.75) is 31.9 Å². The number of benzene rings is 1. The second kappa shape index (κ2) is 7.68. The number of nitrogens with two attached hydrogens (primary N) is 1. The predicted molar refractivity (Wildman–Crippen MR) is 91.0 cm³/mol. The molecule has 1 aliphatic heterocycles. The molecule has 1 atom stereocenters. The van der Waals surface area contributed by atoms with E-state index >= 15 is 0 Å². The molecule has 1 amide bonds. The summed E-state index contributed by atoms with van der Waals surface area (Å²) in [5.41, 5.74) is 5.89. The standard InChI is InChI=1S/C17H20ClN3O3/c18-12-4-5-15(24-11-16(19)22)14(9-12)17-20-6-7-21(17)10-13-3-1-2-8-23-13/h4-7,9,13H,1-3,8,10-11H2,(H2,19,22)/t13-/m0/s1. The largest absolute Gasteiger partial charge is 0.483 e. The van der Waals surface area contributed by atoms with Gasteiger partial charge in [-0.1, -0.05) is 11.6 Å². The van der Waals surface area contributed by atoms with Crippen LogP contribution in [0.4, 0.5) is 0 Å². The number of hydrogen-bond acceptors (Lipinski definition) is 4. The lowest BCUT2D eigenvalue weighted by molar-refractivity contribution is -0.119. The third-order valence-electron chi connectivity index (χ3n) is 3.94. The van der Waals surface area contributed by atoms with Gasteiger partial charge >= 0.3 is 0 Å². The van der Waals surface area contributed by atoms with Crippen LogP contribution in [0.2, 0.25) is 5.02 Å². The summed E-state index contributed by atoms with van der Waals surface area (Å²) in [5.74, 6) is 0.719. The van der Waals surface area contributed by atoms with Crippen molar-refractivity contribution in [1.29, 1.82) is 0 Å². The first kappa shape index (κ1) is 16.8. The summed E-state index contributed by atoms with van der Waals surface area (Å²) < 4.78 is 13.3. The summed E-state index contributed by atoms with van der Waals surface area (Å²) in [7, 11) is 0. The van der Waals surface area contributed by atoms with Crippen LogP contribution in [0.3, 0.4) is 0 Å². The van der Waals surface area contributed by atoms with E-state index in [2.05, 4.69) is 4.98 Å². The van der Waals surface area contributed by atoms with Crippen LogP contribution in [-0.2, 0) is 16.1 Å². The van der Waals surface area contributed by atoms with Gasteiger partial charge in [-0.3, -0.25) is 4.79 Å². The van der Waals surface area contributed by atoms with E-state index in [9.17, 15) is 4.79 Å². The van der Waals surface area contributed by atoms with E-state index in [4.69, 9.17) is 26.8 Å². The molecule has 0 unspecified atom stereocenters. The van der Waals surface area contributed by atoms with Crippen LogP contribution in [0.1, 0.15) is 19.3 Å². The van der Waals surface area contributed by atoms with Gasteiger partial charge < -0.3 is 19.8 Å². The van der Waals surface area contributed by atoms with Crippen LogP contribution in [0.25, 0.3) is 11.4 Å². The van der Waals surface area contributed by atoms with Crippen molar-refractivity contribution in [3.63, 3.8) is 0 Å². The molecular weight excluding hydrogens is 330 g/mol. The van der Waals surface area contributed by atoms with Gasteiger partial charge in [0.15, 0.2) is 6.61 Å². The molecule has 6 nitrogen and oxygen atoms in total. The highest BCUT2D eigenvalue weighted by Gasteiger charge is 2.18. The Kier molecular flexibility index (Phi) is 5.37. The quantitative estimate of drug-likeness (QED) is 0.869. The molecule has 2 N–H and O–H groups in total. The molecule has 2 heterocycles. The fraction of sp³-hybridized carbons (Fsp3) is 0.412. The highest BCUT2D eigenvalue weighted by molar-refractivity contribution is 6.30. The van der Waals surface area contributed by atoms with E-state index in [0.29, 0.717) is 10.8 Å². The number of imidazole rings is 1. The first-order chi connectivity index (χ1) is 11.6. The summed E-state index contributed by atoms with van der Waals surface area (Å²) in [6.07, 6.45) is 7.16. The summed E-state index contributed by atoms with van der Waals surface area (Å²) in [5, 5.41) is 0.569. The number of carbonyl (C=O) groups is 1. The van der Waals surface area contributed by atoms with Crippen molar-refractivity contribution in [2.24, 2.45) is 5.73 Å². The number of hydrogen-bond donors (Lipinski definition) is 1. The Balaban J connectivity index is 1.86. The number of carbonyl (C=O) groups excluding carboxylic acids is 1. The molecule has 0 bridgehead atoms. The molecule has 128 valence electrons. The number of amides is 1. The highest BCUT2D eigenvalue weighted by atomic mass is 35.5. The average molecular weight is 350 g/mol. The van der Waals surface area contributed by atoms with E-state index in [1.54, 1.807) is 24.4 Å². The smallest absolute Gasteiger partial charge is 0.255 e. The highest BCUT2D eigenvalue weighted by Crippen LogP contribution is 2.32. The van der Waals surface area contributed by atoms with E-state index in [-0.39, 0.29) is 12.7 Å². The minimum atomic E-state index is -0.533. The first-order valence-electron chi connectivity index (χ1n) is 7.97. The molecule has 0 spiro atoms. The zero-order chi connectivity index (χ0) is 16.9. The van der Waals surface area contributed by atoms with Gasteiger partial charge in [-0.2, -0.15) is 0 Å². The summed E-state index contributed by atoms with van der Waals surface area (Å²) >= 11 is 6.13. The number of ether oxygens (including phenoxy) is 2. The Labute approximate surface area is 145 Å². The van der Waals surface area contributed by atoms with Crippen LogP contribution in [0.5, 0.6) is 5.75 Å². The lowest BCUT2D eigenvalue weighted by Crippen LogP contribution is -2.24. The topological polar surface area (TPSA) is 79.4 Å². The maximum absolute atomic E-state index is 11.0. The second-order valence-electron chi connectivity index (χ2n) is 5.79.